The van der Waals surface area contributed by atoms with Crippen LogP contribution in [0.5, 0.6) is 11.5 Å². The number of hydrogen-bond donors (Lipinski definition) is 0. The second kappa shape index (κ2) is 8.14. The van der Waals surface area contributed by atoms with Gasteiger partial charge in [-0.05, 0) is 78.5 Å². The molecule has 5 rings (SSSR count). The largest absolute Gasteiger partial charge is 0.498 e. The lowest BCUT2D eigenvalue weighted by Gasteiger charge is -2.37. The number of anilines is 1. The summed E-state index contributed by atoms with van der Waals surface area (Å²) in [5.74, 6) is 1.43. The van der Waals surface area contributed by atoms with E-state index in [9.17, 15) is 10.1 Å². The van der Waals surface area contributed by atoms with Crippen LogP contribution in [0, 0.1) is 17.2 Å². The summed E-state index contributed by atoms with van der Waals surface area (Å²) >= 11 is 0. The van der Waals surface area contributed by atoms with Gasteiger partial charge in [-0.1, -0.05) is 18.2 Å². The minimum atomic E-state index is -0.619. The molecule has 2 heterocycles. The van der Waals surface area contributed by atoms with Gasteiger partial charge in [0.1, 0.15) is 17.6 Å². The number of benzene rings is 2. The fourth-order valence-corrected chi connectivity index (χ4v) is 4.72. The van der Waals surface area contributed by atoms with Crippen molar-refractivity contribution in [2.75, 3.05) is 4.90 Å². The van der Waals surface area contributed by atoms with E-state index < -0.39 is 18.3 Å². The smallest absolute Gasteiger partial charge is 0.456 e. The van der Waals surface area contributed by atoms with Crippen LogP contribution in [0.3, 0.4) is 0 Å². The van der Waals surface area contributed by atoms with Crippen molar-refractivity contribution in [1.82, 2.24) is 0 Å². The number of nitriles is 1. The highest BCUT2D eigenvalue weighted by Gasteiger charge is 2.53. The summed E-state index contributed by atoms with van der Waals surface area (Å²) in [7, 11) is -0.619. The van der Waals surface area contributed by atoms with Crippen LogP contribution >= 0.6 is 0 Å². The summed E-state index contributed by atoms with van der Waals surface area (Å²) in [6, 6.07) is 13.5. The first-order valence-electron chi connectivity index (χ1n) is 12.1. The number of rotatable bonds is 4. The highest BCUT2D eigenvalue weighted by Crippen LogP contribution is 2.43. The summed E-state index contributed by atoms with van der Waals surface area (Å²) in [6.45, 7) is 10.2. The van der Waals surface area contributed by atoms with Crippen LogP contribution in [0.4, 0.5) is 5.69 Å². The molecular formula is C27H31BN2O4. The lowest BCUT2D eigenvalue weighted by molar-refractivity contribution is -0.120. The number of hydrogen-bond acceptors (Lipinski definition) is 5. The minimum Gasteiger partial charge on any atom is -0.456 e. The number of nitrogens with zero attached hydrogens (tertiary/aromatic N) is 2. The molecule has 0 N–H and O–H groups in total. The van der Waals surface area contributed by atoms with E-state index in [-0.39, 0.29) is 17.9 Å². The molecule has 34 heavy (non-hydrogen) atoms. The van der Waals surface area contributed by atoms with Gasteiger partial charge in [0.2, 0.25) is 5.91 Å². The Hall–Kier alpha value is -2.82. The number of amides is 1. The average molecular weight is 458 g/mol. The van der Waals surface area contributed by atoms with Gasteiger partial charge in [-0.15, -0.1) is 0 Å². The van der Waals surface area contributed by atoms with E-state index in [0.717, 1.165) is 42.4 Å². The van der Waals surface area contributed by atoms with E-state index in [4.69, 9.17) is 14.0 Å². The third-order valence-electron chi connectivity index (χ3n) is 7.67. The van der Waals surface area contributed by atoms with Crippen molar-refractivity contribution in [3.05, 3.63) is 47.5 Å². The Morgan fingerprint density at radius 3 is 2.41 bits per heavy atom. The summed E-state index contributed by atoms with van der Waals surface area (Å²) in [5.41, 5.74) is 2.08. The van der Waals surface area contributed by atoms with Gasteiger partial charge < -0.3 is 18.9 Å². The van der Waals surface area contributed by atoms with Gasteiger partial charge in [-0.3, -0.25) is 4.79 Å². The number of ether oxygens (including phenoxy) is 1. The Morgan fingerprint density at radius 2 is 1.76 bits per heavy atom. The zero-order chi connectivity index (χ0) is 24.3. The lowest BCUT2D eigenvalue weighted by Crippen LogP contribution is -2.44. The van der Waals surface area contributed by atoms with Crippen LogP contribution in [-0.4, -0.2) is 30.3 Å². The van der Waals surface area contributed by atoms with Gasteiger partial charge in [0.25, 0.3) is 0 Å². The van der Waals surface area contributed by atoms with Crippen molar-refractivity contribution in [3.8, 4) is 17.6 Å². The molecule has 1 aliphatic carbocycles. The Balaban J connectivity index is 1.64. The van der Waals surface area contributed by atoms with Crippen molar-refractivity contribution in [3.63, 3.8) is 0 Å². The molecule has 1 saturated heterocycles. The highest BCUT2D eigenvalue weighted by atomic mass is 16.7. The van der Waals surface area contributed by atoms with Crippen molar-refractivity contribution >= 4 is 24.2 Å². The zero-order valence-corrected chi connectivity index (χ0v) is 20.6. The zero-order valence-electron chi connectivity index (χ0n) is 20.6. The second-order valence-electron chi connectivity index (χ2n) is 10.7. The average Bonchev–Trinajstić information content (AvgIpc) is 3.60. The highest BCUT2D eigenvalue weighted by molar-refractivity contribution is 6.63. The maximum Gasteiger partial charge on any atom is 0.498 e. The molecule has 6 nitrogen and oxygen atoms in total. The normalized spacial score (nSPS) is 22.8. The van der Waals surface area contributed by atoms with Gasteiger partial charge in [-0.2, -0.15) is 5.26 Å². The van der Waals surface area contributed by atoms with Gasteiger partial charge >= 0.3 is 7.12 Å². The molecule has 0 aromatic heterocycles. The number of carbonyl (C=O) groups excluding carboxylic acids is 1. The van der Waals surface area contributed by atoms with Crippen LogP contribution in [0.1, 0.15) is 65.0 Å². The van der Waals surface area contributed by atoms with Crippen LogP contribution in [0.15, 0.2) is 36.4 Å². The fraction of sp³-hybridized carbons (Fsp3) is 0.481. The maximum atomic E-state index is 13.2. The Kier molecular flexibility index (Phi) is 5.50. The van der Waals surface area contributed by atoms with E-state index in [1.807, 2.05) is 56.9 Å². The quantitative estimate of drug-likeness (QED) is 0.620. The van der Waals surface area contributed by atoms with Gasteiger partial charge in [0.15, 0.2) is 0 Å². The molecule has 1 amide bonds. The van der Waals surface area contributed by atoms with E-state index in [0.29, 0.717) is 17.1 Å². The minimum absolute atomic E-state index is 0.125. The summed E-state index contributed by atoms with van der Waals surface area (Å²) < 4.78 is 19.2. The molecule has 0 spiro atoms. The van der Waals surface area contributed by atoms with Gasteiger partial charge in [0.05, 0.1) is 22.5 Å². The summed E-state index contributed by atoms with van der Waals surface area (Å²) in [4.78, 5) is 15.2. The monoisotopic (exact) mass is 458 g/mol. The van der Waals surface area contributed by atoms with Crippen LogP contribution in [0.2, 0.25) is 0 Å². The van der Waals surface area contributed by atoms with Gasteiger partial charge in [0, 0.05) is 23.0 Å². The number of para-hydroxylation sites is 1. The van der Waals surface area contributed by atoms with Crippen LogP contribution in [0.25, 0.3) is 0 Å². The van der Waals surface area contributed by atoms with Crippen molar-refractivity contribution in [2.24, 2.45) is 5.92 Å². The Morgan fingerprint density at radius 1 is 1.09 bits per heavy atom. The first kappa shape index (κ1) is 23.0. The predicted molar refractivity (Wildman–Crippen MR) is 131 cm³/mol. The van der Waals surface area contributed by atoms with Crippen molar-refractivity contribution in [1.29, 1.82) is 5.26 Å². The topological polar surface area (TPSA) is 71.8 Å². The molecule has 2 fully saturated rings. The predicted octanol–water partition coefficient (Wildman–Crippen LogP) is 4.73. The summed E-state index contributed by atoms with van der Waals surface area (Å²) in [5, 5.41) is 9.64. The second-order valence-corrected chi connectivity index (χ2v) is 10.7. The molecule has 176 valence electrons. The third kappa shape index (κ3) is 3.79. The molecular weight excluding hydrogens is 427 g/mol. The fourth-order valence-electron chi connectivity index (χ4n) is 4.72. The Bertz CT molecular complexity index is 1170. The summed E-state index contributed by atoms with van der Waals surface area (Å²) in [6.07, 6.45) is 3.53. The molecule has 1 atom stereocenters. The van der Waals surface area contributed by atoms with E-state index in [1.54, 1.807) is 12.1 Å². The molecule has 7 heteroatoms. The number of carbonyl (C=O) groups is 1. The van der Waals surface area contributed by atoms with Crippen molar-refractivity contribution < 1.29 is 18.8 Å². The molecule has 3 aliphatic rings. The van der Waals surface area contributed by atoms with Crippen molar-refractivity contribution in [2.45, 2.75) is 77.5 Å². The van der Waals surface area contributed by atoms with Gasteiger partial charge in [-0.25, -0.2) is 0 Å². The molecule has 2 aromatic carbocycles. The van der Waals surface area contributed by atoms with Crippen LogP contribution in [-0.2, 0) is 20.5 Å². The van der Waals surface area contributed by atoms with E-state index in [1.165, 1.54) is 0 Å². The molecule has 2 aliphatic heterocycles. The van der Waals surface area contributed by atoms with E-state index in [2.05, 4.69) is 13.0 Å². The SMILES string of the molecule is CC1CCc2c(ccc(B3OC(C)(C)C(C)(C)O3)c2Oc2ccccc2C#N)N1C(=O)C1CC1. The van der Waals surface area contributed by atoms with E-state index >= 15 is 0 Å². The number of fused-ring (bicyclic) bond motifs is 1. The first-order chi connectivity index (χ1) is 16.1. The molecule has 2 aromatic rings. The molecule has 0 radical (unpaired) electrons. The maximum absolute atomic E-state index is 13.2. The Labute approximate surface area is 201 Å². The molecule has 0 bridgehead atoms. The lowest BCUT2D eigenvalue weighted by atomic mass is 9.76. The third-order valence-corrected chi connectivity index (χ3v) is 7.67. The van der Waals surface area contributed by atoms with Crippen LogP contribution < -0.4 is 15.1 Å². The standard InChI is InChI=1S/C27H31BN2O4/c1-17-10-13-20-22(30(17)25(31)18-11-12-18)15-14-21(28-33-26(2,3)27(4,5)34-28)24(20)32-23-9-7-6-8-19(23)16-29/h6-9,14-15,17-18H,10-13H2,1-5H3. The molecule has 1 saturated carbocycles. The molecule has 1 unspecified atom stereocenters. The first-order valence-corrected chi connectivity index (χ1v) is 12.1.